The van der Waals surface area contributed by atoms with E-state index in [9.17, 15) is 8.42 Å². The van der Waals surface area contributed by atoms with Gasteiger partial charge in [0.1, 0.15) is 18.0 Å². The minimum absolute atomic E-state index is 0.172. The first-order valence-corrected chi connectivity index (χ1v) is 10.6. The third-order valence-electron chi connectivity index (χ3n) is 4.01. The molecule has 140 valence electrons. The highest BCUT2D eigenvalue weighted by molar-refractivity contribution is 7.92. The fourth-order valence-corrected chi connectivity index (χ4v) is 3.92. The van der Waals surface area contributed by atoms with Crippen LogP contribution in [0, 0.1) is 0 Å². The Kier molecular flexibility index (Phi) is 6.04. The van der Waals surface area contributed by atoms with E-state index in [2.05, 4.69) is 0 Å². The summed E-state index contributed by atoms with van der Waals surface area (Å²) in [5.41, 5.74) is 2.19. The molecule has 0 radical (unpaired) electrons. The number of sulfonamides is 1. The van der Waals surface area contributed by atoms with Crippen LogP contribution in [0.3, 0.4) is 0 Å². The van der Waals surface area contributed by atoms with Crippen molar-refractivity contribution < 1.29 is 13.2 Å². The van der Waals surface area contributed by atoms with Gasteiger partial charge in [-0.2, -0.15) is 0 Å². The van der Waals surface area contributed by atoms with Crippen LogP contribution in [0.4, 0.5) is 5.69 Å². The quantitative estimate of drug-likeness (QED) is 0.566. The fourth-order valence-electron chi connectivity index (χ4n) is 2.70. The molecule has 0 saturated carbocycles. The molecule has 0 saturated heterocycles. The van der Waals surface area contributed by atoms with E-state index in [0.717, 1.165) is 11.1 Å². The van der Waals surface area contributed by atoms with E-state index >= 15 is 0 Å². The summed E-state index contributed by atoms with van der Waals surface area (Å²) in [5.74, 6) is 0.424. The average molecular weight is 402 g/mol. The third kappa shape index (κ3) is 5.02. The van der Waals surface area contributed by atoms with Crippen molar-refractivity contribution in [3.05, 3.63) is 95.0 Å². The lowest BCUT2D eigenvalue weighted by atomic mass is 10.2. The summed E-state index contributed by atoms with van der Waals surface area (Å²) in [7, 11) is -3.58. The van der Waals surface area contributed by atoms with E-state index in [1.807, 2.05) is 60.7 Å². The highest BCUT2D eigenvalue weighted by atomic mass is 35.5. The number of benzene rings is 3. The lowest BCUT2D eigenvalue weighted by Crippen LogP contribution is -2.30. The maximum Gasteiger partial charge on any atom is 0.232 e. The molecule has 0 aliphatic heterocycles. The first-order valence-electron chi connectivity index (χ1n) is 8.42. The molecule has 3 rings (SSSR count). The van der Waals surface area contributed by atoms with Gasteiger partial charge < -0.3 is 4.74 Å². The van der Waals surface area contributed by atoms with Crippen LogP contribution in [-0.4, -0.2) is 14.7 Å². The summed E-state index contributed by atoms with van der Waals surface area (Å²) in [6.45, 7) is 0.488. The summed E-state index contributed by atoms with van der Waals surface area (Å²) in [5, 5.41) is 0.321. The molecule has 4 nitrogen and oxygen atoms in total. The zero-order chi connectivity index (χ0) is 19.3. The predicted octanol–water partition coefficient (Wildman–Crippen LogP) is 4.89. The standard InChI is InChI=1S/C21H20ClNO3S/c1-27(24,25)23(15-17-9-4-2-5-10-17)21-19(22)13-8-14-20(21)26-16-18-11-6-3-7-12-18/h2-14H,15-16H2,1H3. The summed E-state index contributed by atoms with van der Waals surface area (Å²) in [4.78, 5) is 0. The van der Waals surface area contributed by atoms with Crippen molar-refractivity contribution in [2.45, 2.75) is 13.2 Å². The van der Waals surface area contributed by atoms with Gasteiger partial charge in [0.05, 0.1) is 17.8 Å². The number of rotatable bonds is 7. The van der Waals surface area contributed by atoms with Crippen molar-refractivity contribution in [1.29, 1.82) is 0 Å². The highest BCUT2D eigenvalue weighted by Crippen LogP contribution is 2.38. The minimum Gasteiger partial charge on any atom is -0.487 e. The van der Waals surface area contributed by atoms with Crippen molar-refractivity contribution in [2.75, 3.05) is 10.6 Å². The molecule has 0 bridgehead atoms. The molecular formula is C21H20ClNO3S. The van der Waals surface area contributed by atoms with Gasteiger partial charge in [-0.1, -0.05) is 78.3 Å². The summed E-state index contributed by atoms with van der Waals surface area (Å²) >= 11 is 6.39. The summed E-state index contributed by atoms with van der Waals surface area (Å²) in [6.07, 6.45) is 1.17. The molecule has 0 amide bonds. The minimum atomic E-state index is -3.58. The first-order chi connectivity index (χ1) is 12.9. The smallest absolute Gasteiger partial charge is 0.232 e. The topological polar surface area (TPSA) is 46.6 Å². The fraction of sp³-hybridized carbons (Fsp3) is 0.143. The van der Waals surface area contributed by atoms with Gasteiger partial charge in [0.25, 0.3) is 0 Å². The Morgan fingerprint density at radius 3 is 2.04 bits per heavy atom. The van der Waals surface area contributed by atoms with Crippen molar-refractivity contribution >= 4 is 27.3 Å². The van der Waals surface area contributed by atoms with Crippen LogP contribution in [0.5, 0.6) is 5.75 Å². The molecule has 0 spiro atoms. The molecule has 0 aliphatic rings. The summed E-state index contributed by atoms with van der Waals surface area (Å²) < 4.78 is 32.3. The molecule has 0 aliphatic carbocycles. The van der Waals surface area contributed by atoms with E-state index in [1.54, 1.807) is 18.2 Å². The molecule has 3 aromatic rings. The number of hydrogen-bond acceptors (Lipinski definition) is 3. The van der Waals surface area contributed by atoms with Crippen molar-refractivity contribution in [3.63, 3.8) is 0 Å². The van der Waals surface area contributed by atoms with Crippen LogP contribution in [0.15, 0.2) is 78.9 Å². The van der Waals surface area contributed by atoms with Gasteiger partial charge in [0, 0.05) is 0 Å². The Labute approximate surface area is 165 Å². The van der Waals surface area contributed by atoms with Gasteiger partial charge in [-0.25, -0.2) is 8.42 Å². The molecule has 0 aromatic heterocycles. The van der Waals surface area contributed by atoms with Crippen molar-refractivity contribution in [3.8, 4) is 5.75 Å². The molecular weight excluding hydrogens is 382 g/mol. The molecule has 3 aromatic carbocycles. The molecule has 0 unspecified atom stereocenters. The van der Waals surface area contributed by atoms with Crippen molar-refractivity contribution in [2.24, 2.45) is 0 Å². The number of ether oxygens (including phenoxy) is 1. The molecule has 27 heavy (non-hydrogen) atoms. The van der Waals surface area contributed by atoms with Crippen molar-refractivity contribution in [1.82, 2.24) is 0 Å². The van der Waals surface area contributed by atoms with Crippen LogP contribution in [0.25, 0.3) is 0 Å². The largest absolute Gasteiger partial charge is 0.487 e. The second-order valence-electron chi connectivity index (χ2n) is 6.12. The number of nitrogens with zero attached hydrogens (tertiary/aromatic N) is 1. The lowest BCUT2D eigenvalue weighted by molar-refractivity contribution is 0.307. The van der Waals surface area contributed by atoms with Crippen LogP contribution in [-0.2, 0) is 23.2 Å². The van der Waals surface area contributed by atoms with E-state index in [1.165, 1.54) is 10.6 Å². The Morgan fingerprint density at radius 1 is 0.852 bits per heavy atom. The molecule has 0 heterocycles. The monoisotopic (exact) mass is 401 g/mol. The van der Waals surface area contributed by atoms with Gasteiger partial charge in [-0.05, 0) is 23.3 Å². The SMILES string of the molecule is CS(=O)(=O)N(Cc1ccccc1)c1c(Cl)cccc1OCc1ccccc1. The number of hydrogen-bond donors (Lipinski definition) is 0. The third-order valence-corrected chi connectivity index (χ3v) is 5.42. The van der Waals surface area contributed by atoms with Gasteiger partial charge in [-0.3, -0.25) is 4.31 Å². The second kappa shape index (κ2) is 8.46. The van der Waals surface area contributed by atoms with Gasteiger partial charge in [-0.15, -0.1) is 0 Å². The Hall–Kier alpha value is -2.50. The zero-order valence-corrected chi connectivity index (χ0v) is 16.5. The van der Waals surface area contributed by atoms with Crippen LogP contribution in [0.1, 0.15) is 11.1 Å². The van der Waals surface area contributed by atoms with Gasteiger partial charge >= 0.3 is 0 Å². The normalized spacial score (nSPS) is 11.2. The van der Waals surface area contributed by atoms with Crippen LogP contribution >= 0.6 is 11.6 Å². The molecule has 6 heteroatoms. The maximum atomic E-state index is 12.5. The molecule has 0 atom stereocenters. The van der Waals surface area contributed by atoms with E-state index < -0.39 is 10.0 Å². The number of halogens is 1. The molecule has 0 fully saturated rings. The number of anilines is 1. The maximum absolute atomic E-state index is 12.5. The van der Waals surface area contributed by atoms with Crippen LogP contribution in [0.2, 0.25) is 5.02 Å². The molecule has 0 N–H and O–H groups in total. The average Bonchev–Trinajstić information content (AvgIpc) is 2.66. The van der Waals surface area contributed by atoms with E-state index in [-0.39, 0.29) is 6.54 Å². The Balaban J connectivity index is 1.96. The van der Waals surface area contributed by atoms with Gasteiger partial charge in [0.2, 0.25) is 10.0 Å². The predicted molar refractivity (Wildman–Crippen MR) is 110 cm³/mol. The number of para-hydroxylation sites is 1. The Bertz CT molecular complexity index is 992. The second-order valence-corrected chi connectivity index (χ2v) is 8.43. The Morgan fingerprint density at radius 2 is 1.44 bits per heavy atom. The van der Waals surface area contributed by atoms with Crippen LogP contribution < -0.4 is 9.04 Å². The summed E-state index contributed by atoms with van der Waals surface area (Å²) in [6, 6.07) is 24.2. The lowest BCUT2D eigenvalue weighted by Gasteiger charge is -2.26. The zero-order valence-electron chi connectivity index (χ0n) is 14.9. The first kappa shape index (κ1) is 19.3. The van der Waals surface area contributed by atoms with Gasteiger partial charge in [0.15, 0.2) is 0 Å². The van der Waals surface area contributed by atoms with E-state index in [4.69, 9.17) is 16.3 Å². The highest BCUT2D eigenvalue weighted by Gasteiger charge is 2.24. The van der Waals surface area contributed by atoms with E-state index in [0.29, 0.717) is 23.1 Å².